The molecule has 3 aromatic rings. The predicted molar refractivity (Wildman–Crippen MR) is 92.9 cm³/mol. The Bertz CT molecular complexity index is 947. The van der Waals surface area contributed by atoms with Crippen LogP contribution in [0.3, 0.4) is 0 Å². The first kappa shape index (κ1) is 16.9. The molecule has 0 aliphatic carbocycles. The van der Waals surface area contributed by atoms with Crippen molar-refractivity contribution in [3.05, 3.63) is 54.4 Å². The van der Waals surface area contributed by atoms with Crippen molar-refractivity contribution in [2.45, 2.75) is 13.0 Å². The Kier molecular flexibility index (Phi) is 4.61. The van der Waals surface area contributed by atoms with Crippen LogP contribution in [0.5, 0.6) is 5.75 Å². The molecule has 8 nitrogen and oxygen atoms in total. The van der Waals surface area contributed by atoms with Gasteiger partial charge >= 0.3 is 5.97 Å². The zero-order valence-corrected chi connectivity index (χ0v) is 14.3. The van der Waals surface area contributed by atoms with Crippen molar-refractivity contribution in [1.29, 1.82) is 0 Å². The van der Waals surface area contributed by atoms with Gasteiger partial charge in [-0.3, -0.25) is 9.59 Å². The number of aromatic nitrogens is 1. The second kappa shape index (κ2) is 7.36. The van der Waals surface area contributed by atoms with Crippen LogP contribution < -0.4 is 9.64 Å². The van der Waals surface area contributed by atoms with E-state index in [4.69, 9.17) is 18.4 Å². The van der Waals surface area contributed by atoms with Crippen LogP contribution in [0.4, 0.5) is 5.69 Å². The molecule has 0 radical (unpaired) electrons. The van der Waals surface area contributed by atoms with Gasteiger partial charge < -0.3 is 23.3 Å². The van der Waals surface area contributed by atoms with Crippen LogP contribution in [0, 0.1) is 0 Å². The Hall–Kier alpha value is -3.55. The Balaban J connectivity index is 1.31. The maximum atomic E-state index is 12.1. The minimum Gasteiger partial charge on any atom is -0.482 e. The van der Waals surface area contributed by atoms with E-state index in [1.165, 1.54) is 11.2 Å². The van der Waals surface area contributed by atoms with Gasteiger partial charge in [-0.2, -0.15) is 0 Å². The standard InChI is InChI=1S/C19H16N2O6/c22-18-12-25-15-5-2-1-4-14(15)21(18)8-7-19(23)26-11-13-10-17(27-20-13)16-6-3-9-24-16/h1-6,9-10H,7-8,11-12H2. The highest BCUT2D eigenvalue weighted by atomic mass is 16.5. The minimum absolute atomic E-state index is 0.0172. The van der Waals surface area contributed by atoms with Crippen LogP contribution in [-0.2, 0) is 20.9 Å². The molecule has 2 aromatic heterocycles. The maximum Gasteiger partial charge on any atom is 0.307 e. The summed E-state index contributed by atoms with van der Waals surface area (Å²) in [6.07, 6.45) is 1.59. The van der Waals surface area contributed by atoms with Crippen molar-refractivity contribution < 1.29 is 28.0 Å². The smallest absolute Gasteiger partial charge is 0.307 e. The fraction of sp³-hybridized carbons (Fsp3) is 0.211. The number of amides is 1. The van der Waals surface area contributed by atoms with E-state index in [2.05, 4.69) is 5.16 Å². The molecular weight excluding hydrogens is 352 g/mol. The summed E-state index contributed by atoms with van der Waals surface area (Å²) in [6, 6.07) is 12.3. The SMILES string of the molecule is O=C(CCN1C(=O)COc2ccccc21)OCc1cc(-c2ccco2)on1. The van der Waals surface area contributed by atoms with Gasteiger partial charge in [-0.05, 0) is 24.3 Å². The van der Waals surface area contributed by atoms with Crippen LogP contribution in [0.25, 0.3) is 11.5 Å². The third-order valence-corrected chi connectivity index (χ3v) is 4.05. The zero-order valence-electron chi connectivity index (χ0n) is 14.3. The van der Waals surface area contributed by atoms with E-state index >= 15 is 0 Å². The number of benzene rings is 1. The average molecular weight is 368 g/mol. The molecular formula is C19H16N2O6. The summed E-state index contributed by atoms with van der Waals surface area (Å²) in [4.78, 5) is 25.7. The maximum absolute atomic E-state index is 12.1. The Labute approximate surface area is 154 Å². The molecule has 0 N–H and O–H groups in total. The van der Waals surface area contributed by atoms with E-state index in [1.807, 2.05) is 12.1 Å². The number of para-hydroxylation sites is 2. The summed E-state index contributed by atoms with van der Waals surface area (Å²) in [7, 11) is 0. The van der Waals surface area contributed by atoms with Gasteiger partial charge in [0.1, 0.15) is 18.1 Å². The molecule has 3 heterocycles. The highest BCUT2D eigenvalue weighted by molar-refractivity contribution is 5.98. The fourth-order valence-electron chi connectivity index (χ4n) is 2.74. The lowest BCUT2D eigenvalue weighted by Crippen LogP contribution is -2.40. The molecule has 4 rings (SSSR count). The summed E-state index contributed by atoms with van der Waals surface area (Å²) < 4.78 is 21.0. The number of rotatable bonds is 6. The number of esters is 1. The molecule has 27 heavy (non-hydrogen) atoms. The van der Waals surface area contributed by atoms with Crippen LogP contribution in [-0.4, -0.2) is 30.2 Å². The van der Waals surface area contributed by atoms with Crippen molar-refractivity contribution in [2.24, 2.45) is 0 Å². The van der Waals surface area contributed by atoms with E-state index in [9.17, 15) is 9.59 Å². The molecule has 1 amide bonds. The van der Waals surface area contributed by atoms with E-state index in [-0.39, 0.29) is 32.1 Å². The van der Waals surface area contributed by atoms with E-state index in [0.717, 1.165) is 0 Å². The van der Waals surface area contributed by atoms with Gasteiger partial charge in [0.05, 0.1) is 18.4 Å². The number of ether oxygens (including phenoxy) is 2. The first-order chi connectivity index (χ1) is 13.2. The molecule has 8 heteroatoms. The normalized spacial score (nSPS) is 13.2. The summed E-state index contributed by atoms with van der Waals surface area (Å²) >= 11 is 0. The fourth-order valence-corrected chi connectivity index (χ4v) is 2.74. The molecule has 1 aliphatic heterocycles. The van der Waals surface area contributed by atoms with Gasteiger partial charge in [0.25, 0.3) is 5.91 Å². The van der Waals surface area contributed by atoms with Crippen molar-refractivity contribution >= 4 is 17.6 Å². The molecule has 0 atom stereocenters. The third kappa shape index (κ3) is 3.69. The number of hydrogen-bond acceptors (Lipinski definition) is 7. The van der Waals surface area contributed by atoms with Crippen LogP contribution in [0.1, 0.15) is 12.1 Å². The number of carbonyl (C=O) groups is 2. The largest absolute Gasteiger partial charge is 0.482 e. The average Bonchev–Trinajstić information content (AvgIpc) is 3.37. The summed E-state index contributed by atoms with van der Waals surface area (Å²) in [5, 5.41) is 3.84. The lowest BCUT2D eigenvalue weighted by Gasteiger charge is -2.28. The number of hydrogen-bond donors (Lipinski definition) is 0. The molecule has 1 aromatic carbocycles. The first-order valence-corrected chi connectivity index (χ1v) is 8.38. The molecule has 0 bridgehead atoms. The van der Waals surface area contributed by atoms with Gasteiger partial charge in [0, 0.05) is 12.6 Å². The highest BCUT2D eigenvalue weighted by Gasteiger charge is 2.25. The Morgan fingerprint density at radius 1 is 1.19 bits per heavy atom. The zero-order chi connectivity index (χ0) is 18.6. The van der Waals surface area contributed by atoms with Crippen LogP contribution in [0.15, 0.2) is 57.7 Å². The Morgan fingerprint density at radius 3 is 2.93 bits per heavy atom. The van der Waals surface area contributed by atoms with Crippen molar-refractivity contribution in [2.75, 3.05) is 18.1 Å². The lowest BCUT2D eigenvalue weighted by atomic mass is 10.2. The number of furan rings is 1. The molecule has 1 aliphatic rings. The molecule has 0 fully saturated rings. The van der Waals surface area contributed by atoms with Gasteiger partial charge in [0.15, 0.2) is 12.4 Å². The second-order valence-corrected chi connectivity index (χ2v) is 5.87. The van der Waals surface area contributed by atoms with Gasteiger partial charge in [-0.25, -0.2) is 0 Å². The molecule has 138 valence electrons. The summed E-state index contributed by atoms with van der Waals surface area (Å²) in [6.45, 7) is 0.158. The van der Waals surface area contributed by atoms with Crippen molar-refractivity contribution in [3.8, 4) is 17.3 Å². The van der Waals surface area contributed by atoms with E-state index in [0.29, 0.717) is 28.7 Å². The van der Waals surface area contributed by atoms with Crippen LogP contribution in [0.2, 0.25) is 0 Å². The quantitative estimate of drug-likeness (QED) is 0.617. The number of anilines is 1. The van der Waals surface area contributed by atoms with Crippen LogP contribution >= 0.6 is 0 Å². The first-order valence-electron chi connectivity index (χ1n) is 8.38. The number of nitrogens with zero attached hydrogens (tertiary/aromatic N) is 2. The predicted octanol–water partition coefficient (Wildman–Crippen LogP) is 2.79. The monoisotopic (exact) mass is 368 g/mol. The van der Waals surface area contributed by atoms with Gasteiger partial charge in [-0.15, -0.1) is 0 Å². The number of fused-ring (bicyclic) bond motifs is 1. The number of carbonyl (C=O) groups excluding carboxylic acids is 2. The van der Waals surface area contributed by atoms with Crippen molar-refractivity contribution in [1.82, 2.24) is 5.16 Å². The molecule has 0 unspecified atom stereocenters. The summed E-state index contributed by atoms with van der Waals surface area (Å²) in [5.41, 5.74) is 1.13. The van der Waals surface area contributed by atoms with E-state index in [1.54, 1.807) is 30.3 Å². The van der Waals surface area contributed by atoms with Gasteiger partial charge in [0.2, 0.25) is 5.76 Å². The van der Waals surface area contributed by atoms with Gasteiger partial charge in [-0.1, -0.05) is 17.3 Å². The third-order valence-electron chi connectivity index (χ3n) is 4.05. The van der Waals surface area contributed by atoms with Crippen molar-refractivity contribution in [3.63, 3.8) is 0 Å². The topological polar surface area (TPSA) is 95.0 Å². The summed E-state index contributed by atoms with van der Waals surface area (Å²) in [5.74, 6) is 1.00. The molecule has 0 saturated carbocycles. The van der Waals surface area contributed by atoms with E-state index < -0.39 is 5.97 Å². The minimum atomic E-state index is -0.436. The highest BCUT2D eigenvalue weighted by Crippen LogP contribution is 2.31. The second-order valence-electron chi connectivity index (χ2n) is 5.87. The lowest BCUT2D eigenvalue weighted by molar-refractivity contribution is -0.144. The molecule has 0 saturated heterocycles. The Morgan fingerprint density at radius 2 is 2.07 bits per heavy atom. The molecule has 0 spiro atoms.